The van der Waals surface area contributed by atoms with Crippen LogP contribution in [-0.2, 0) is 9.53 Å². The fourth-order valence-electron chi connectivity index (χ4n) is 3.07. The van der Waals surface area contributed by atoms with Crippen LogP contribution in [0, 0.1) is 0 Å². The summed E-state index contributed by atoms with van der Waals surface area (Å²) in [6.07, 6.45) is 3.94. The lowest BCUT2D eigenvalue weighted by Crippen LogP contribution is -2.58. The molecule has 19 heavy (non-hydrogen) atoms. The molecular formula is C15H28N2O2. The molecular weight excluding hydrogens is 240 g/mol. The van der Waals surface area contributed by atoms with Gasteiger partial charge in [-0.15, -0.1) is 0 Å². The second-order valence-electron chi connectivity index (χ2n) is 6.89. The zero-order valence-corrected chi connectivity index (χ0v) is 12.8. The monoisotopic (exact) mass is 268 g/mol. The van der Waals surface area contributed by atoms with Crippen LogP contribution in [0.5, 0.6) is 0 Å². The van der Waals surface area contributed by atoms with Crippen molar-refractivity contribution in [1.82, 2.24) is 9.80 Å². The van der Waals surface area contributed by atoms with Crippen LogP contribution in [0.3, 0.4) is 0 Å². The maximum atomic E-state index is 12.1. The van der Waals surface area contributed by atoms with Gasteiger partial charge in [-0.05, 0) is 47.1 Å². The van der Waals surface area contributed by atoms with E-state index in [-0.39, 0.29) is 12.0 Å². The third kappa shape index (κ3) is 3.93. The number of hydrogen-bond acceptors (Lipinski definition) is 4. The molecule has 2 heterocycles. The Morgan fingerprint density at radius 2 is 1.95 bits per heavy atom. The number of nitrogens with zero attached hydrogens (tertiary/aromatic N) is 2. The molecule has 0 aromatic carbocycles. The van der Waals surface area contributed by atoms with Crippen LogP contribution in [-0.4, -0.2) is 59.6 Å². The topological polar surface area (TPSA) is 32.8 Å². The van der Waals surface area contributed by atoms with Gasteiger partial charge in [-0.3, -0.25) is 14.6 Å². The number of ether oxygens (including phenoxy) is 1. The molecule has 0 saturated carbocycles. The van der Waals surface area contributed by atoms with Crippen molar-refractivity contribution in [2.75, 3.05) is 26.2 Å². The Hall–Kier alpha value is -0.610. The van der Waals surface area contributed by atoms with Crippen LogP contribution in [0.2, 0.25) is 0 Å². The highest BCUT2D eigenvalue weighted by atomic mass is 16.6. The summed E-state index contributed by atoms with van der Waals surface area (Å²) >= 11 is 0. The third-order valence-electron chi connectivity index (χ3n) is 4.16. The van der Waals surface area contributed by atoms with Crippen molar-refractivity contribution >= 4 is 5.97 Å². The average molecular weight is 268 g/mol. The number of hydrogen-bond donors (Lipinski definition) is 0. The molecule has 2 aliphatic heterocycles. The number of piperazine rings is 1. The molecule has 2 fully saturated rings. The Morgan fingerprint density at radius 3 is 2.63 bits per heavy atom. The summed E-state index contributed by atoms with van der Waals surface area (Å²) in [7, 11) is 0. The average Bonchev–Trinajstić information content (AvgIpc) is 2.35. The minimum Gasteiger partial charge on any atom is -0.459 e. The Bertz CT molecular complexity index is 325. The highest BCUT2D eigenvalue weighted by Crippen LogP contribution is 2.22. The molecule has 0 aromatic heterocycles. The van der Waals surface area contributed by atoms with Crippen molar-refractivity contribution in [3.63, 3.8) is 0 Å². The number of rotatable bonds is 2. The first-order valence-electron chi connectivity index (χ1n) is 7.58. The Labute approximate surface area is 117 Å². The van der Waals surface area contributed by atoms with E-state index in [1.54, 1.807) is 0 Å². The summed E-state index contributed by atoms with van der Waals surface area (Å²) in [5.41, 5.74) is -0.391. The van der Waals surface area contributed by atoms with Gasteiger partial charge in [0, 0.05) is 25.7 Å². The number of carbonyl (C=O) groups excluding carboxylic acids is 1. The maximum absolute atomic E-state index is 12.1. The van der Waals surface area contributed by atoms with E-state index < -0.39 is 5.60 Å². The van der Waals surface area contributed by atoms with Crippen molar-refractivity contribution in [3.05, 3.63) is 0 Å². The van der Waals surface area contributed by atoms with Gasteiger partial charge >= 0.3 is 5.97 Å². The quantitative estimate of drug-likeness (QED) is 0.716. The van der Waals surface area contributed by atoms with Crippen LogP contribution < -0.4 is 0 Å². The van der Waals surface area contributed by atoms with Crippen molar-refractivity contribution in [2.45, 2.75) is 64.6 Å². The van der Waals surface area contributed by atoms with E-state index in [1.807, 2.05) is 27.7 Å². The summed E-state index contributed by atoms with van der Waals surface area (Å²) in [4.78, 5) is 17.0. The molecule has 0 N–H and O–H groups in total. The lowest BCUT2D eigenvalue weighted by molar-refractivity contribution is -0.162. The van der Waals surface area contributed by atoms with E-state index >= 15 is 0 Å². The molecule has 4 heteroatoms. The zero-order valence-electron chi connectivity index (χ0n) is 12.8. The third-order valence-corrected chi connectivity index (χ3v) is 4.16. The van der Waals surface area contributed by atoms with E-state index in [4.69, 9.17) is 4.74 Å². The Morgan fingerprint density at radius 1 is 1.21 bits per heavy atom. The van der Waals surface area contributed by atoms with Gasteiger partial charge in [0.05, 0.1) is 0 Å². The molecule has 2 atom stereocenters. The minimum absolute atomic E-state index is 0.0863. The first kappa shape index (κ1) is 14.8. The predicted molar refractivity (Wildman–Crippen MR) is 76.1 cm³/mol. The van der Waals surface area contributed by atoms with Crippen LogP contribution in [0.25, 0.3) is 0 Å². The molecule has 0 amide bonds. The largest absolute Gasteiger partial charge is 0.459 e. The molecule has 2 unspecified atom stereocenters. The molecule has 0 bridgehead atoms. The van der Waals surface area contributed by atoms with Crippen LogP contribution in [0.4, 0.5) is 0 Å². The van der Waals surface area contributed by atoms with Gasteiger partial charge in [0.2, 0.25) is 0 Å². The van der Waals surface area contributed by atoms with E-state index in [2.05, 4.69) is 9.80 Å². The molecule has 2 saturated heterocycles. The second-order valence-corrected chi connectivity index (χ2v) is 6.89. The summed E-state index contributed by atoms with van der Waals surface area (Å²) in [5, 5.41) is 0. The van der Waals surface area contributed by atoms with Crippen molar-refractivity contribution in [1.29, 1.82) is 0 Å². The van der Waals surface area contributed by atoms with Crippen molar-refractivity contribution in [3.8, 4) is 0 Å². The van der Waals surface area contributed by atoms with E-state index in [0.29, 0.717) is 6.04 Å². The van der Waals surface area contributed by atoms with Gasteiger partial charge in [0.1, 0.15) is 11.6 Å². The second kappa shape index (κ2) is 5.80. The molecule has 2 rings (SSSR count). The molecule has 0 aromatic rings. The smallest absolute Gasteiger partial charge is 0.323 e. The summed E-state index contributed by atoms with van der Waals surface area (Å²) in [5.74, 6) is -0.0863. The highest BCUT2D eigenvalue weighted by molar-refractivity contribution is 5.75. The van der Waals surface area contributed by atoms with E-state index in [0.717, 1.165) is 19.6 Å². The first-order valence-corrected chi connectivity index (χ1v) is 7.58. The first-order chi connectivity index (χ1) is 8.87. The molecule has 110 valence electrons. The molecule has 0 radical (unpaired) electrons. The molecule has 0 spiro atoms. The number of carbonyl (C=O) groups is 1. The van der Waals surface area contributed by atoms with Gasteiger partial charge in [0.15, 0.2) is 0 Å². The lowest BCUT2D eigenvalue weighted by Gasteiger charge is -2.45. The number of piperidine rings is 1. The molecule has 4 nitrogen and oxygen atoms in total. The van der Waals surface area contributed by atoms with Gasteiger partial charge in [-0.1, -0.05) is 6.42 Å². The number of fused-ring (bicyclic) bond motifs is 1. The van der Waals surface area contributed by atoms with Crippen molar-refractivity contribution < 1.29 is 9.53 Å². The Kier molecular flexibility index (Phi) is 4.51. The molecule has 0 aliphatic carbocycles. The normalized spacial score (nSPS) is 27.7. The van der Waals surface area contributed by atoms with Gasteiger partial charge < -0.3 is 4.74 Å². The SMILES string of the molecule is CC(C(=O)OC(C)(C)C)N1CCN2CCCCC2C1. The van der Waals surface area contributed by atoms with E-state index in [9.17, 15) is 4.79 Å². The van der Waals surface area contributed by atoms with Gasteiger partial charge in [-0.2, -0.15) is 0 Å². The van der Waals surface area contributed by atoms with Gasteiger partial charge in [-0.25, -0.2) is 0 Å². The summed E-state index contributed by atoms with van der Waals surface area (Å²) in [6, 6.07) is 0.524. The Balaban J connectivity index is 1.89. The fraction of sp³-hybridized carbons (Fsp3) is 0.933. The predicted octanol–water partition coefficient (Wildman–Crippen LogP) is 1.89. The van der Waals surface area contributed by atoms with Crippen LogP contribution >= 0.6 is 0 Å². The number of esters is 1. The lowest BCUT2D eigenvalue weighted by atomic mass is 9.99. The van der Waals surface area contributed by atoms with Crippen LogP contribution in [0.1, 0.15) is 47.0 Å². The standard InChI is InChI=1S/C15H28N2O2/c1-12(14(18)19-15(2,3)4)17-10-9-16-8-6-5-7-13(16)11-17/h12-13H,5-11H2,1-4H3. The maximum Gasteiger partial charge on any atom is 0.323 e. The van der Waals surface area contributed by atoms with Crippen LogP contribution in [0.15, 0.2) is 0 Å². The molecule has 2 aliphatic rings. The van der Waals surface area contributed by atoms with Gasteiger partial charge in [0.25, 0.3) is 0 Å². The van der Waals surface area contributed by atoms with Crippen molar-refractivity contribution in [2.24, 2.45) is 0 Å². The summed E-state index contributed by atoms with van der Waals surface area (Å²) < 4.78 is 5.49. The minimum atomic E-state index is -0.391. The van der Waals surface area contributed by atoms with E-state index in [1.165, 1.54) is 25.8 Å². The highest BCUT2D eigenvalue weighted by Gasteiger charge is 2.34. The zero-order chi connectivity index (χ0) is 14.0. The summed E-state index contributed by atoms with van der Waals surface area (Å²) in [6.45, 7) is 12.1. The fourth-order valence-corrected chi connectivity index (χ4v) is 3.07.